The monoisotopic (exact) mass is 391 g/mol. The van der Waals surface area contributed by atoms with Crippen molar-refractivity contribution in [1.29, 1.82) is 0 Å². The summed E-state index contributed by atoms with van der Waals surface area (Å²) in [5, 5.41) is 8.63. The van der Waals surface area contributed by atoms with Gasteiger partial charge in [-0.05, 0) is 48.4 Å². The lowest BCUT2D eigenvalue weighted by molar-refractivity contribution is -0.137. The number of hydrogen-bond acceptors (Lipinski definition) is 3. The number of carbonyl (C=O) groups excluding carboxylic acids is 1. The average Bonchev–Trinajstić information content (AvgIpc) is 3.23. The molecule has 2 aliphatic rings. The second-order valence-corrected chi connectivity index (χ2v) is 7.30. The maximum Gasteiger partial charge on any atom is 0.416 e. The van der Waals surface area contributed by atoms with Crippen LogP contribution in [0.4, 0.5) is 29.3 Å². The number of ether oxygens (including phenoxy) is 1. The van der Waals surface area contributed by atoms with Gasteiger partial charge in [-0.25, -0.2) is 4.79 Å². The Hall–Kier alpha value is -2.58. The van der Waals surface area contributed by atoms with E-state index in [-0.39, 0.29) is 11.3 Å². The van der Waals surface area contributed by atoms with Gasteiger partial charge in [-0.15, -0.1) is 0 Å². The number of urea groups is 1. The molecule has 2 saturated heterocycles. The molecular weight excluding hydrogens is 371 g/mol. The Labute approximate surface area is 160 Å². The van der Waals surface area contributed by atoms with E-state index < -0.39 is 17.8 Å². The van der Waals surface area contributed by atoms with Crippen molar-refractivity contribution in [2.75, 3.05) is 23.8 Å². The number of carbonyl (C=O) groups is 1. The molecule has 2 fully saturated rings. The van der Waals surface area contributed by atoms with Gasteiger partial charge in [0.1, 0.15) is 0 Å². The molecule has 0 spiro atoms. The van der Waals surface area contributed by atoms with Crippen molar-refractivity contribution in [3.63, 3.8) is 0 Å². The largest absolute Gasteiger partial charge is 0.416 e. The van der Waals surface area contributed by atoms with Crippen LogP contribution >= 0.6 is 0 Å². The number of rotatable bonds is 4. The topological polar surface area (TPSA) is 62.4 Å². The summed E-state index contributed by atoms with van der Waals surface area (Å²) in [7, 11) is 0. The van der Waals surface area contributed by atoms with Gasteiger partial charge in [-0.1, -0.05) is 12.1 Å². The van der Waals surface area contributed by atoms with Crippen molar-refractivity contribution in [3.8, 4) is 0 Å². The van der Waals surface area contributed by atoms with Crippen LogP contribution in [0.2, 0.25) is 0 Å². The van der Waals surface area contributed by atoms with Crippen molar-refractivity contribution in [2.45, 2.75) is 30.7 Å². The molecule has 148 valence electrons. The number of anilines is 2. The zero-order valence-corrected chi connectivity index (χ0v) is 15.0. The maximum absolute atomic E-state index is 12.6. The number of hydrogen-bond donors (Lipinski definition) is 3. The van der Waals surface area contributed by atoms with Crippen LogP contribution in [0.3, 0.4) is 0 Å². The SMILES string of the molecule is O=C(Nc1ccc(C[C@@]23CN[C@@H](CO2)C3)cc1)Nc1ccc(C(F)(F)F)cc1. The van der Waals surface area contributed by atoms with Gasteiger partial charge in [0.15, 0.2) is 0 Å². The van der Waals surface area contributed by atoms with Gasteiger partial charge >= 0.3 is 12.2 Å². The number of fused-ring (bicyclic) bond motifs is 2. The van der Waals surface area contributed by atoms with Crippen LogP contribution in [0.25, 0.3) is 0 Å². The molecule has 0 unspecified atom stereocenters. The number of alkyl halides is 3. The van der Waals surface area contributed by atoms with E-state index in [9.17, 15) is 18.0 Å². The maximum atomic E-state index is 12.6. The molecule has 0 aliphatic carbocycles. The quantitative estimate of drug-likeness (QED) is 0.738. The third kappa shape index (κ3) is 4.13. The Balaban J connectivity index is 1.32. The predicted molar refractivity (Wildman–Crippen MR) is 99.3 cm³/mol. The van der Waals surface area contributed by atoms with Gasteiger partial charge in [0.05, 0.1) is 17.8 Å². The van der Waals surface area contributed by atoms with Crippen LogP contribution in [-0.2, 0) is 17.3 Å². The Morgan fingerprint density at radius 2 is 1.68 bits per heavy atom. The summed E-state index contributed by atoms with van der Waals surface area (Å²) in [6, 6.07) is 11.7. The van der Waals surface area contributed by atoms with E-state index in [0.29, 0.717) is 11.7 Å². The van der Waals surface area contributed by atoms with Gasteiger partial charge in [0.25, 0.3) is 0 Å². The van der Waals surface area contributed by atoms with E-state index in [0.717, 1.165) is 43.7 Å². The Morgan fingerprint density at radius 1 is 1.07 bits per heavy atom. The normalized spacial score (nSPS) is 23.6. The molecule has 5 nitrogen and oxygen atoms in total. The second-order valence-electron chi connectivity index (χ2n) is 7.30. The van der Waals surface area contributed by atoms with Crippen molar-refractivity contribution in [2.24, 2.45) is 0 Å². The lowest BCUT2D eigenvalue weighted by atomic mass is 9.93. The fourth-order valence-corrected chi connectivity index (χ4v) is 3.73. The molecule has 0 radical (unpaired) electrons. The fraction of sp³-hybridized carbons (Fsp3) is 0.350. The third-order valence-electron chi connectivity index (χ3n) is 5.13. The Morgan fingerprint density at radius 3 is 2.14 bits per heavy atom. The number of benzene rings is 2. The standard InChI is InChI=1S/C20H20F3N3O2/c21-20(22,23)14-3-7-16(8-4-14)26-18(27)25-15-5-1-13(2-6-15)9-19-10-17(11-28-19)24-12-19/h1-8,17,24H,9-12H2,(H2,25,26,27)/t17-,19-/m1/s1. The molecule has 2 aliphatic heterocycles. The summed E-state index contributed by atoms with van der Waals surface area (Å²) in [5.41, 5.74) is 1.12. The molecule has 0 aromatic heterocycles. The Kier molecular flexibility index (Phi) is 4.76. The fourth-order valence-electron chi connectivity index (χ4n) is 3.73. The first-order valence-corrected chi connectivity index (χ1v) is 9.03. The zero-order chi connectivity index (χ0) is 19.8. The average molecular weight is 391 g/mol. The lowest BCUT2D eigenvalue weighted by Gasteiger charge is -2.26. The van der Waals surface area contributed by atoms with Crippen molar-refractivity contribution < 1.29 is 22.7 Å². The minimum atomic E-state index is -4.40. The molecule has 0 saturated carbocycles. The molecule has 8 heteroatoms. The molecule has 2 atom stereocenters. The summed E-state index contributed by atoms with van der Waals surface area (Å²) in [6.07, 6.45) is -2.57. The van der Waals surface area contributed by atoms with E-state index in [1.54, 1.807) is 12.1 Å². The molecule has 3 N–H and O–H groups in total. The molecule has 2 aromatic rings. The highest BCUT2D eigenvalue weighted by molar-refractivity contribution is 5.99. The number of halogens is 3. The molecule has 2 bridgehead atoms. The van der Waals surface area contributed by atoms with Crippen LogP contribution in [0.5, 0.6) is 0 Å². The van der Waals surface area contributed by atoms with Crippen LogP contribution in [0, 0.1) is 0 Å². The molecule has 4 rings (SSSR count). The second kappa shape index (κ2) is 7.10. The predicted octanol–water partition coefficient (Wildman–Crippen LogP) is 4.02. The van der Waals surface area contributed by atoms with Gasteiger partial charge in [-0.3, -0.25) is 0 Å². The van der Waals surface area contributed by atoms with E-state index in [1.807, 2.05) is 12.1 Å². The molecular formula is C20H20F3N3O2. The van der Waals surface area contributed by atoms with Crippen LogP contribution < -0.4 is 16.0 Å². The van der Waals surface area contributed by atoms with E-state index in [4.69, 9.17) is 4.74 Å². The molecule has 2 amide bonds. The van der Waals surface area contributed by atoms with Crippen LogP contribution in [-0.4, -0.2) is 30.8 Å². The molecule has 2 heterocycles. The highest BCUT2D eigenvalue weighted by Crippen LogP contribution is 2.34. The number of morpholine rings is 1. The van der Waals surface area contributed by atoms with Gasteiger partial charge in [0, 0.05) is 30.4 Å². The first-order chi connectivity index (χ1) is 13.3. The van der Waals surface area contributed by atoms with Gasteiger partial charge < -0.3 is 20.7 Å². The van der Waals surface area contributed by atoms with Crippen molar-refractivity contribution in [1.82, 2.24) is 5.32 Å². The summed E-state index contributed by atoms with van der Waals surface area (Å²) in [6.45, 7) is 1.61. The van der Waals surface area contributed by atoms with Gasteiger partial charge in [0.2, 0.25) is 0 Å². The van der Waals surface area contributed by atoms with Crippen LogP contribution in [0.15, 0.2) is 48.5 Å². The highest BCUT2D eigenvalue weighted by Gasteiger charge is 2.45. The molecule has 2 aromatic carbocycles. The first-order valence-electron chi connectivity index (χ1n) is 9.03. The number of nitrogens with one attached hydrogen (secondary N) is 3. The highest BCUT2D eigenvalue weighted by atomic mass is 19.4. The minimum absolute atomic E-state index is 0.125. The summed E-state index contributed by atoms with van der Waals surface area (Å²) < 4.78 is 43.6. The Bertz CT molecular complexity index is 842. The van der Waals surface area contributed by atoms with E-state index in [1.165, 1.54) is 12.1 Å². The first kappa shape index (κ1) is 18.8. The zero-order valence-electron chi connectivity index (χ0n) is 15.0. The molecule has 28 heavy (non-hydrogen) atoms. The van der Waals surface area contributed by atoms with Gasteiger partial charge in [-0.2, -0.15) is 13.2 Å². The summed E-state index contributed by atoms with van der Waals surface area (Å²) in [5.74, 6) is 0. The summed E-state index contributed by atoms with van der Waals surface area (Å²) in [4.78, 5) is 12.1. The smallest absolute Gasteiger partial charge is 0.372 e. The van der Waals surface area contributed by atoms with Crippen molar-refractivity contribution >= 4 is 17.4 Å². The number of amides is 2. The van der Waals surface area contributed by atoms with Crippen molar-refractivity contribution in [3.05, 3.63) is 59.7 Å². The summed E-state index contributed by atoms with van der Waals surface area (Å²) >= 11 is 0. The van der Waals surface area contributed by atoms with E-state index >= 15 is 0 Å². The minimum Gasteiger partial charge on any atom is -0.372 e. The third-order valence-corrected chi connectivity index (χ3v) is 5.13. The lowest BCUT2D eigenvalue weighted by Crippen LogP contribution is -2.40. The van der Waals surface area contributed by atoms with Crippen LogP contribution in [0.1, 0.15) is 17.5 Å². The van der Waals surface area contributed by atoms with E-state index in [2.05, 4.69) is 16.0 Å².